The molecule has 1 aliphatic rings. The van der Waals surface area contributed by atoms with Crippen LogP contribution in [0.5, 0.6) is 0 Å². The van der Waals surface area contributed by atoms with E-state index in [0.29, 0.717) is 17.3 Å². The Bertz CT molecular complexity index is 554. The predicted molar refractivity (Wildman–Crippen MR) is 59.4 cm³/mol. The number of aromatic nitrogens is 3. The molecular weight excluding hydrogens is 313 g/mol. The van der Waals surface area contributed by atoms with Crippen molar-refractivity contribution in [3.8, 4) is 0 Å². The Morgan fingerprint density at radius 2 is 2.12 bits per heavy atom. The molecule has 17 heavy (non-hydrogen) atoms. The van der Waals surface area contributed by atoms with E-state index in [1.165, 1.54) is 0 Å². The molecule has 2 heterocycles. The second-order valence-corrected chi connectivity index (χ2v) is 4.49. The van der Waals surface area contributed by atoms with Crippen molar-refractivity contribution in [2.45, 2.75) is 18.8 Å². The van der Waals surface area contributed by atoms with E-state index < -0.39 is 0 Å². The summed E-state index contributed by atoms with van der Waals surface area (Å²) in [5, 5.41) is 4.29. The van der Waals surface area contributed by atoms with Crippen molar-refractivity contribution in [1.29, 1.82) is 0 Å². The van der Waals surface area contributed by atoms with E-state index in [1.807, 2.05) is 6.29 Å². The fourth-order valence-electron chi connectivity index (χ4n) is 1.69. The van der Waals surface area contributed by atoms with Gasteiger partial charge in [-0.15, -0.1) is 0 Å². The van der Waals surface area contributed by atoms with Crippen LogP contribution in [-0.4, -0.2) is 26.4 Å². The number of carbonyl (C=O) groups excluding carboxylic acids is 1. The van der Waals surface area contributed by atoms with Crippen molar-refractivity contribution >= 4 is 27.9 Å². The van der Waals surface area contributed by atoms with Crippen LogP contribution in [-0.2, 0) is 4.79 Å². The fraction of sp³-hybridized carbons (Fsp3) is 0.300. The first-order chi connectivity index (χ1) is 7.28. The van der Waals surface area contributed by atoms with Crippen LogP contribution in [0.1, 0.15) is 30.1 Å². The van der Waals surface area contributed by atoms with E-state index in [2.05, 4.69) is 26.0 Å². The molecule has 1 aliphatic carbocycles. The minimum Gasteiger partial charge on any atom is -0.870 e. The van der Waals surface area contributed by atoms with Crippen molar-refractivity contribution in [3.05, 3.63) is 28.1 Å². The molecular formula is C10H8BrKN3O2-. The van der Waals surface area contributed by atoms with E-state index >= 15 is 0 Å². The third-order valence-electron chi connectivity index (χ3n) is 2.53. The van der Waals surface area contributed by atoms with Gasteiger partial charge in [0.15, 0.2) is 5.65 Å². The van der Waals surface area contributed by atoms with E-state index in [0.717, 1.165) is 23.1 Å². The number of hydrogen-bond donors (Lipinski definition) is 0. The SMILES string of the molecule is O=[C-]c1cc(C2CC2)n2nc(Br)cc2n1.[K+].[OH-]. The molecule has 2 aromatic heterocycles. The van der Waals surface area contributed by atoms with E-state index in [4.69, 9.17) is 0 Å². The molecule has 0 radical (unpaired) electrons. The van der Waals surface area contributed by atoms with Crippen molar-refractivity contribution in [3.63, 3.8) is 0 Å². The number of halogens is 1. The summed E-state index contributed by atoms with van der Waals surface area (Å²) < 4.78 is 2.53. The summed E-state index contributed by atoms with van der Waals surface area (Å²) >= 11 is 3.30. The molecule has 0 spiro atoms. The summed E-state index contributed by atoms with van der Waals surface area (Å²) in [7, 11) is 0. The zero-order valence-electron chi connectivity index (χ0n) is 9.22. The monoisotopic (exact) mass is 320 g/mol. The predicted octanol–water partition coefficient (Wildman–Crippen LogP) is -1.35. The van der Waals surface area contributed by atoms with Gasteiger partial charge < -0.3 is 10.3 Å². The Balaban J connectivity index is 0.000000722. The molecule has 84 valence electrons. The van der Waals surface area contributed by atoms with Crippen LogP contribution in [0, 0.1) is 0 Å². The average Bonchev–Trinajstić information content (AvgIpc) is 2.98. The first-order valence-corrected chi connectivity index (χ1v) is 5.51. The van der Waals surface area contributed by atoms with Gasteiger partial charge in [0.1, 0.15) is 4.60 Å². The van der Waals surface area contributed by atoms with Crippen LogP contribution in [0.4, 0.5) is 0 Å². The van der Waals surface area contributed by atoms with Gasteiger partial charge in [-0.05, 0) is 40.4 Å². The molecule has 0 atom stereocenters. The number of nitrogens with zero attached hydrogens (tertiary/aromatic N) is 3. The minimum absolute atomic E-state index is 0. The van der Waals surface area contributed by atoms with Crippen LogP contribution in [0.25, 0.3) is 5.65 Å². The molecule has 1 fully saturated rings. The Kier molecular flexibility index (Phi) is 5.45. The van der Waals surface area contributed by atoms with Gasteiger partial charge in [0, 0.05) is 12.4 Å². The number of hydrogen-bond acceptors (Lipinski definition) is 4. The first kappa shape index (κ1) is 15.4. The van der Waals surface area contributed by atoms with Gasteiger partial charge in [0.2, 0.25) is 0 Å². The van der Waals surface area contributed by atoms with Crippen molar-refractivity contribution in [2.24, 2.45) is 0 Å². The van der Waals surface area contributed by atoms with Gasteiger partial charge in [-0.2, -0.15) is 11.2 Å². The normalized spacial score (nSPS) is 13.9. The third-order valence-corrected chi connectivity index (χ3v) is 2.91. The van der Waals surface area contributed by atoms with Crippen LogP contribution >= 0.6 is 15.9 Å². The van der Waals surface area contributed by atoms with E-state index in [9.17, 15) is 4.79 Å². The Morgan fingerprint density at radius 3 is 2.71 bits per heavy atom. The summed E-state index contributed by atoms with van der Waals surface area (Å²) in [5.74, 6) is 0.523. The van der Waals surface area contributed by atoms with Crippen LogP contribution < -0.4 is 51.4 Å². The zero-order valence-corrected chi connectivity index (χ0v) is 13.9. The summed E-state index contributed by atoms with van der Waals surface area (Å²) in [4.78, 5) is 14.8. The maximum Gasteiger partial charge on any atom is 1.00 e. The van der Waals surface area contributed by atoms with Crippen molar-refractivity contribution < 1.29 is 61.7 Å². The van der Waals surface area contributed by atoms with Gasteiger partial charge in [-0.1, -0.05) is 5.69 Å². The Hall–Kier alpha value is 0.366. The molecule has 0 aliphatic heterocycles. The van der Waals surface area contributed by atoms with Gasteiger partial charge in [-0.25, -0.2) is 4.52 Å². The molecule has 0 amide bonds. The van der Waals surface area contributed by atoms with Crippen LogP contribution in [0.2, 0.25) is 0 Å². The van der Waals surface area contributed by atoms with Crippen molar-refractivity contribution in [2.75, 3.05) is 0 Å². The fourth-order valence-corrected chi connectivity index (χ4v) is 2.06. The second-order valence-electron chi connectivity index (χ2n) is 3.68. The molecule has 5 nitrogen and oxygen atoms in total. The Morgan fingerprint density at radius 1 is 1.41 bits per heavy atom. The summed E-state index contributed by atoms with van der Waals surface area (Å²) in [6.45, 7) is 0. The van der Waals surface area contributed by atoms with E-state index in [1.54, 1.807) is 16.6 Å². The maximum absolute atomic E-state index is 10.6. The smallest absolute Gasteiger partial charge is 0.870 e. The first-order valence-electron chi connectivity index (χ1n) is 4.72. The molecule has 1 N–H and O–H groups in total. The standard InChI is InChI=1S/C10H7BrN3O.K.H2O/c11-9-4-10-12-7(5-15)3-8(6-1-2-6)14(10)13-9;;/h3-4,6H,1-2H2;;1H2/q-1;+1;/p-1. The maximum atomic E-state index is 10.6. The summed E-state index contributed by atoms with van der Waals surface area (Å²) in [6, 6.07) is 3.57. The van der Waals surface area contributed by atoms with Crippen molar-refractivity contribution in [1.82, 2.24) is 14.6 Å². The van der Waals surface area contributed by atoms with Gasteiger partial charge in [0.05, 0.1) is 0 Å². The molecule has 3 rings (SSSR count). The third kappa shape index (κ3) is 3.03. The topological polar surface area (TPSA) is 77.3 Å². The number of fused-ring (bicyclic) bond motifs is 1. The quantitative estimate of drug-likeness (QED) is 0.506. The molecule has 2 aromatic rings. The number of rotatable bonds is 2. The molecule has 0 unspecified atom stereocenters. The minimum atomic E-state index is 0. The van der Waals surface area contributed by atoms with Crippen LogP contribution in [0.3, 0.4) is 0 Å². The molecule has 0 bridgehead atoms. The van der Waals surface area contributed by atoms with Gasteiger partial charge in [0.25, 0.3) is 0 Å². The average molecular weight is 321 g/mol. The molecule has 0 saturated heterocycles. The Labute approximate surface area is 149 Å². The summed E-state index contributed by atoms with van der Waals surface area (Å²) in [5.41, 5.74) is 2.12. The zero-order chi connectivity index (χ0) is 10.4. The largest absolute Gasteiger partial charge is 1.00 e. The molecule has 7 heteroatoms. The second kappa shape index (κ2) is 6.01. The van der Waals surface area contributed by atoms with Crippen LogP contribution in [0.15, 0.2) is 16.7 Å². The molecule has 0 aromatic carbocycles. The van der Waals surface area contributed by atoms with Gasteiger partial charge >= 0.3 is 51.4 Å². The van der Waals surface area contributed by atoms with Gasteiger partial charge in [-0.3, -0.25) is 4.98 Å². The summed E-state index contributed by atoms with van der Waals surface area (Å²) in [6.07, 6.45) is 4.16. The van der Waals surface area contributed by atoms with E-state index in [-0.39, 0.29) is 56.9 Å². The molecule has 1 saturated carbocycles.